The predicted octanol–water partition coefficient (Wildman–Crippen LogP) is 2.42. The Morgan fingerprint density at radius 3 is 2.48 bits per heavy atom. The van der Waals surface area contributed by atoms with Crippen molar-refractivity contribution in [1.82, 2.24) is 15.3 Å². The summed E-state index contributed by atoms with van der Waals surface area (Å²) in [6, 6.07) is 16.3. The Hall–Kier alpha value is -2.90. The van der Waals surface area contributed by atoms with Gasteiger partial charge < -0.3 is 9.47 Å². The van der Waals surface area contributed by atoms with Crippen LogP contribution in [0.4, 0.5) is 0 Å². The fourth-order valence-electron chi connectivity index (χ4n) is 4.11. The van der Waals surface area contributed by atoms with Gasteiger partial charge >= 0.3 is 5.97 Å². The van der Waals surface area contributed by atoms with Crippen molar-refractivity contribution < 1.29 is 19.1 Å². The highest BCUT2D eigenvalue weighted by Crippen LogP contribution is 2.40. The molecule has 1 N–H and O–H groups in total. The molecule has 3 atom stereocenters. The molecule has 2 aromatic rings. The third-order valence-corrected chi connectivity index (χ3v) is 5.42. The number of ether oxygens (including phenoxy) is 2. The molecule has 2 aliphatic heterocycles. The van der Waals surface area contributed by atoms with E-state index in [0.29, 0.717) is 19.6 Å². The first-order valence-corrected chi connectivity index (χ1v) is 9.84. The maximum absolute atomic E-state index is 12.9. The second kappa shape index (κ2) is 8.23. The first-order valence-electron chi connectivity index (χ1n) is 9.84. The molecule has 0 saturated carbocycles. The molecule has 1 amide bonds. The van der Waals surface area contributed by atoms with E-state index >= 15 is 0 Å². The normalized spacial score (nSPS) is 24.3. The molecule has 0 radical (unpaired) electrons. The van der Waals surface area contributed by atoms with Crippen LogP contribution in [0, 0.1) is 0 Å². The fourth-order valence-corrected chi connectivity index (χ4v) is 4.11. The molecular formula is C22H25N3O4. The fraction of sp³-hybridized carbons (Fsp3) is 0.364. The van der Waals surface area contributed by atoms with E-state index in [0.717, 1.165) is 16.9 Å². The van der Waals surface area contributed by atoms with Gasteiger partial charge in [0.15, 0.2) is 0 Å². The minimum Gasteiger partial charge on any atom is -0.497 e. The van der Waals surface area contributed by atoms with Crippen LogP contribution in [0.2, 0.25) is 0 Å². The maximum atomic E-state index is 12.9. The van der Waals surface area contributed by atoms with Gasteiger partial charge in [-0.2, -0.15) is 0 Å². The van der Waals surface area contributed by atoms with E-state index < -0.39 is 12.2 Å². The predicted molar refractivity (Wildman–Crippen MR) is 107 cm³/mol. The summed E-state index contributed by atoms with van der Waals surface area (Å²) in [5, 5.41) is 7.14. The lowest BCUT2D eigenvalue weighted by Crippen LogP contribution is -2.63. The summed E-state index contributed by atoms with van der Waals surface area (Å²) in [6.07, 6.45) is -0.0113. The van der Waals surface area contributed by atoms with Crippen molar-refractivity contribution in [3.8, 4) is 5.75 Å². The van der Waals surface area contributed by atoms with Crippen molar-refractivity contribution in [2.45, 2.75) is 31.6 Å². The highest BCUT2D eigenvalue weighted by atomic mass is 16.5. The van der Waals surface area contributed by atoms with E-state index in [4.69, 9.17) is 9.47 Å². The maximum Gasteiger partial charge on any atom is 0.325 e. The van der Waals surface area contributed by atoms with Crippen molar-refractivity contribution in [3.63, 3.8) is 0 Å². The SMILES string of the molecule is CCOC(=O)C1NC(c2ccccc2)N2C(=O)CCN2C1c1ccc(OC)cc1. The van der Waals surface area contributed by atoms with Crippen LogP contribution in [0.5, 0.6) is 5.75 Å². The smallest absolute Gasteiger partial charge is 0.325 e. The summed E-state index contributed by atoms with van der Waals surface area (Å²) in [5.74, 6) is 0.446. The summed E-state index contributed by atoms with van der Waals surface area (Å²) < 4.78 is 10.6. The first-order chi connectivity index (χ1) is 14.1. The summed E-state index contributed by atoms with van der Waals surface area (Å²) in [7, 11) is 1.61. The highest BCUT2D eigenvalue weighted by molar-refractivity contribution is 5.81. The van der Waals surface area contributed by atoms with Gasteiger partial charge in [-0.3, -0.25) is 19.9 Å². The monoisotopic (exact) mass is 395 g/mol. The zero-order valence-electron chi connectivity index (χ0n) is 16.6. The Morgan fingerprint density at radius 2 is 1.83 bits per heavy atom. The Bertz CT molecular complexity index is 871. The molecule has 0 bridgehead atoms. The van der Waals surface area contributed by atoms with Gasteiger partial charge in [0, 0.05) is 13.0 Å². The number of benzene rings is 2. The summed E-state index contributed by atoms with van der Waals surface area (Å²) in [4.78, 5) is 25.7. The lowest BCUT2D eigenvalue weighted by Gasteiger charge is -2.48. The Morgan fingerprint density at radius 1 is 1.10 bits per heavy atom. The van der Waals surface area contributed by atoms with Gasteiger partial charge in [-0.15, -0.1) is 0 Å². The molecule has 152 valence electrons. The Labute approximate surface area is 170 Å². The van der Waals surface area contributed by atoms with E-state index in [1.165, 1.54) is 0 Å². The van der Waals surface area contributed by atoms with E-state index in [1.54, 1.807) is 19.0 Å². The van der Waals surface area contributed by atoms with Crippen LogP contribution < -0.4 is 10.1 Å². The molecule has 0 aliphatic carbocycles. The third-order valence-electron chi connectivity index (χ3n) is 5.42. The number of carbonyl (C=O) groups excluding carboxylic acids is 2. The average molecular weight is 395 g/mol. The second-order valence-electron chi connectivity index (χ2n) is 7.08. The largest absolute Gasteiger partial charge is 0.497 e. The highest BCUT2D eigenvalue weighted by Gasteiger charge is 2.50. The van der Waals surface area contributed by atoms with Crippen LogP contribution in [0.1, 0.15) is 36.7 Å². The number of esters is 1. The molecule has 0 spiro atoms. The van der Waals surface area contributed by atoms with Crippen LogP contribution >= 0.6 is 0 Å². The molecule has 4 rings (SSSR count). The Kier molecular flexibility index (Phi) is 5.51. The molecular weight excluding hydrogens is 370 g/mol. The number of amides is 1. The lowest BCUT2D eigenvalue weighted by molar-refractivity contribution is -0.174. The van der Waals surface area contributed by atoms with Crippen LogP contribution in [0.3, 0.4) is 0 Å². The lowest BCUT2D eigenvalue weighted by atomic mass is 9.95. The minimum absolute atomic E-state index is 0.0344. The van der Waals surface area contributed by atoms with Gasteiger partial charge in [-0.1, -0.05) is 42.5 Å². The second-order valence-corrected chi connectivity index (χ2v) is 7.08. The first kappa shape index (κ1) is 19.4. The van der Waals surface area contributed by atoms with Gasteiger partial charge in [-0.05, 0) is 30.2 Å². The minimum atomic E-state index is -0.615. The van der Waals surface area contributed by atoms with Gasteiger partial charge in [0.25, 0.3) is 0 Å². The Balaban J connectivity index is 1.76. The molecule has 2 fully saturated rings. The van der Waals surface area contributed by atoms with E-state index in [9.17, 15) is 9.59 Å². The number of hydrazine groups is 1. The number of fused-ring (bicyclic) bond motifs is 1. The van der Waals surface area contributed by atoms with Gasteiger partial charge in [0.2, 0.25) is 5.91 Å². The molecule has 2 heterocycles. The molecule has 0 aromatic heterocycles. The summed E-state index contributed by atoms with van der Waals surface area (Å²) in [6.45, 7) is 2.64. The van der Waals surface area contributed by atoms with Gasteiger partial charge in [0.05, 0.1) is 19.8 Å². The third kappa shape index (κ3) is 3.59. The molecule has 2 aromatic carbocycles. The van der Waals surface area contributed by atoms with Crippen molar-refractivity contribution in [3.05, 3.63) is 65.7 Å². The van der Waals surface area contributed by atoms with Crippen molar-refractivity contribution >= 4 is 11.9 Å². The number of hydrogen-bond acceptors (Lipinski definition) is 6. The van der Waals surface area contributed by atoms with E-state index in [2.05, 4.69) is 5.32 Å². The number of methoxy groups -OCH3 is 1. The standard InChI is InChI=1S/C22H25N3O4/c1-3-29-22(27)19-20(15-9-11-17(28-2)12-10-15)24-14-13-18(26)25(24)21(23-19)16-7-5-4-6-8-16/h4-12,19-21,23H,3,13-14H2,1-2H3. The number of rotatable bonds is 5. The van der Waals surface area contributed by atoms with Crippen LogP contribution in [0.25, 0.3) is 0 Å². The molecule has 2 aliphatic rings. The van der Waals surface area contributed by atoms with Crippen molar-refractivity contribution in [1.29, 1.82) is 0 Å². The average Bonchev–Trinajstić information content (AvgIpc) is 3.15. The number of hydrogen-bond donors (Lipinski definition) is 1. The van der Waals surface area contributed by atoms with Crippen LogP contribution in [0.15, 0.2) is 54.6 Å². The molecule has 7 nitrogen and oxygen atoms in total. The van der Waals surface area contributed by atoms with E-state index in [-0.39, 0.29) is 17.9 Å². The number of nitrogens with zero attached hydrogens (tertiary/aromatic N) is 2. The van der Waals surface area contributed by atoms with Gasteiger partial charge in [0.1, 0.15) is 18.0 Å². The quantitative estimate of drug-likeness (QED) is 0.784. The molecule has 29 heavy (non-hydrogen) atoms. The van der Waals surface area contributed by atoms with Crippen LogP contribution in [-0.4, -0.2) is 48.2 Å². The number of nitrogens with one attached hydrogen (secondary N) is 1. The van der Waals surface area contributed by atoms with Gasteiger partial charge in [-0.25, -0.2) is 5.01 Å². The topological polar surface area (TPSA) is 71.1 Å². The number of carbonyl (C=O) groups is 2. The molecule has 7 heteroatoms. The summed E-state index contributed by atoms with van der Waals surface area (Å²) >= 11 is 0. The van der Waals surface area contributed by atoms with Crippen LogP contribution in [-0.2, 0) is 14.3 Å². The zero-order valence-corrected chi connectivity index (χ0v) is 16.6. The zero-order chi connectivity index (χ0) is 20.4. The molecule has 3 unspecified atom stereocenters. The summed E-state index contributed by atoms with van der Waals surface area (Å²) in [5.41, 5.74) is 1.85. The van der Waals surface area contributed by atoms with Crippen molar-refractivity contribution in [2.75, 3.05) is 20.3 Å². The van der Waals surface area contributed by atoms with E-state index in [1.807, 2.05) is 59.6 Å². The van der Waals surface area contributed by atoms with Crippen molar-refractivity contribution in [2.24, 2.45) is 0 Å². The molecule has 2 saturated heterocycles.